The van der Waals surface area contributed by atoms with Gasteiger partial charge >= 0.3 is 0 Å². The third-order valence-electron chi connectivity index (χ3n) is 8.49. The zero-order valence-electron chi connectivity index (χ0n) is 22.2. The van der Waals surface area contributed by atoms with Crippen LogP contribution in [0.25, 0.3) is 11.0 Å². The Balaban J connectivity index is 1.40. The zero-order valence-corrected chi connectivity index (χ0v) is 22.2. The second kappa shape index (κ2) is 10.6. The van der Waals surface area contributed by atoms with E-state index < -0.39 is 29.1 Å². The second-order valence-corrected chi connectivity index (χ2v) is 11.0. The van der Waals surface area contributed by atoms with Crippen LogP contribution < -0.4 is 10.6 Å². The molecule has 3 fully saturated rings. The molecule has 0 saturated carbocycles. The van der Waals surface area contributed by atoms with Gasteiger partial charge in [-0.05, 0) is 51.2 Å². The largest absolute Gasteiger partial charge is 0.396 e. The number of nitrogens with zero attached hydrogens (tertiary/aromatic N) is 4. The van der Waals surface area contributed by atoms with Gasteiger partial charge in [0.1, 0.15) is 23.8 Å². The number of hydrogen-bond acceptors (Lipinski definition) is 7. The summed E-state index contributed by atoms with van der Waals surface area (Å²) in [4.78, 5) is 42.8. The summed E-state index contributed by atoms with van der Waals surface area (Å²) in [5.41, 5.74) is -0.302. The Bertz CT molecular complexity index is 1200. The first-order chi connectivity index (χ1) is 18.4. The molecule has 1 spiro atoms. The second-order valence-electron chi connectivity index (χ2n) is 11.0. The Morgan fingerprint density at radius 3 is 2.71 bits per heavy atom. The minimum atomic E-state index is -1.04. The lowest BCUT2D eigenvalue weighted by Gasteiger charge is -2.33. The van der Waals surface area contributed by atoms with Crippen molar-refractivity contribution in [2.24, 2.45) is 11.8 Å². The van der Waals surface area contributed by atoms with Crippen molar-refractivity contribution in [3.05, 3.63) is 24.3 Å². The Kier molecular flexibility index (Phi) is 7.41. The average Bonchev–Trinajstić information content (AvgIpc) is 3.61. The number of para-hydroxylation sites is 1. The van der Waals surface area contributed by atoms with Crippen LogP contribution in [0.3, 0.4) is 0 Å². The molecule has 3 aliphatic heterocycles. The first-order valence-corrected chi connectivity index (χ1v) is 13.8. The first-order valence-electron chi connectivity index (χ1n) is 13.8. The van der Waals surface area contributed by atoms with E-state index in [0.29, 0.717) is 38.8 Å². The SMILES string of the molecule is CCCNC(=O)[C@H]1[C@H]2C(=O)N(CCCCCCO)C(C(=O)NCn3nnc4ccccc43)C23CC[C@]1(C)O3. The van der Waals surface area contributed by atoms with Crippen LogP contribution in [-0.4, -0.2) is 79.7 Å². The van der Waals surface area contributed by atoms with E-state index >= 15 is 0 Å². The van der Waals surface area contributed by atoms with E-state index in [1.54, 1.807) is 9.58 Å². The molecule has 3 N–H and O–H groups in total. The van der Waals surface area contributed by atoms with E-state index in [1.807, 2.05) is 38.1 Å². The van der Waals surface area contributed by atoms with Crippen molar-refractivity contribution in [1.29, 1.82) is 0 Å². The predicted molar refractivity (Wildman–Crippen MR) is 138 cm³/mol. The van der Waals surface area contributed by atoms with Crippen LogP contribution in [-0.2, 0) is 25.8 Å². The summed E-state index contributed by atoms with van der Waals surface area (Å²) in [6.07, 6.45) is 5.04. The van der Waals surface area contributed by atoms with Crippen molar-refractivity contribution in [2.45, 2.75) is 82.7 Å². The molecule has 3 saturated heterocycles. The lowest BCUT2D eigenvalue weighted by Crippen LogP contribution is -2.55. The fourth-order valence-corrected chi connectivity index (χ4v) is 6.76. The van der Waals surface area contributed by atoms with Gasteiger partial charge in [0.2, 0.25) is 17.7 Å². The molecule has 11 nitrogen and oxygen atoms in total. The summed E-state index contributed by atoms with van der Waals surface area (Å²) >= 11 is 0. The molecular formula is C27H38N6O5. The molecule has 1 aromatic heterocycles. The van der Waals surface area contributed by atoms with Gasteiger partial charge in [0.15, 0.2) is 0 Å². The summed E-state index contributed by atoms with van der Waals surface area (Å²) in [7, 11) is 0. The fraction of sp³-hybridized carbons (Fsp3) is 0.667. The van der Waals surface area contributed by atoms with Gasteiger partial charge in [0, 0.05) is 19.7 Å². The van der Waals surface area contributed by atoms with Crippen molar-refractivity contribution < 1.29 is 24.2 Å². The normalized spacial score (nSPS) is 29.7. The molecular weight excluding hydrogens is 488 g/mol. The molecule has 3 amide bonds. The molecule has 2 aromatic rings. The molecule has 4 heterocycles. The van der Waals surface area contributed by atoms with Gasteiger partial charge in [-0.3, -0.25) is 14.4 Å². The third-order valence-corrected chi connectivity index (χ3v) is 8.49. The average molecular weight is 527 g/mol. The number of carbonyl (C=O) groups excluding carboxylic acids is 3. The van der Waals surface area contributed by atoms with Crippen LogP contribution in [0.4, 0.5) is 0 Å². The van der Waals surface area contributed by atoms with Crippen molar-refractivity contribution in [3.8, 4) is 0 Å². The third kappa shape index (κ3) is 4.35. The van der Waals surface area contributed by atoms with Crippen LogP contribution in [0, 0.1) is 11.8 Å². The van der Waals surface area contributed by atoms with Crippen molar-refractivity contribution in [2.75, 3.05) is 19.7 Å². The van der Waals surface area contributed by atoms with Crippen LogP contribution in [0.15, 0.2) is 24.3 Å². The van der Waals surface area contributed by atoms with Crippen molar-refractivity contribution in [1.82, 2.24) is 30.5 Å². The van der Waals surface area contributed by atoms with Gasteiger partial charge in [-0.15, -0.1) is 5.10 Å². The lowest BCUT2D eigenvalue weighted by atomic mass is 9.66. The van der Waals surface area contributed by atoms with E-state index in [2.05, 4.69) is 20.9 Å². The minimum absolute atomic E-state index is 0.104. The number of carbonyl (C=O) groups is 3. The molecule has 0 aliphatic carbocycles. The maximum absolute atomic E-state index is 14.0. The van der Waals surface area contributed by atoms with Crippen molar-refractivity contribution in [3.63, 3.8) is 0 Å². The van der Waals surface area contributed by atoms with Gasteiger partial charge < -0.3 is 25.4 Å². The number of aliphatic hydroxyl groups is 1. The quantitative estimate of drug-likeness (QED) is 0.355. The molecule has 2 bridgehead atoms. The lowest BCUT2D eigenvalue weighted by molar-refractivity contribution is -0.146. The van der Waals surface area contributed by atoms with Crippen LogP contribution in [0.5, 0.6) is 0 Å². The Hall–Kier alpha value is -3.05. The molecule has 1 aromatic carbocycles. The number of likely N-dealkylation sites (tertiary alicyclic amines) is 1. The van der Waals surface area contributed by atoms with Gasteiger partial charge in [-0.25, -0.2) is 4.68 Å². The van der Waals surface area contributed by atoms with E-state index in [4.69, 9.17) is 9.84 Å². The molecule has 206 valence electrons. The van der Waals surface area contributed by atoms with E-state index in [-0.39, 0.29) is 31.0 Å². The smallest absolute Gasteiger partial charge is 0.247 e. The van der Waals surface area contributed by atoms with Crippen molar-refractivity contribution >= 4 is 28.8 Å². The highest BCUT2D eigenvalue weighted by Gasteiger charge is 2.77. The maximum atomic E-state index is 14.0. The molecule has 11 heteroatoms. The number of amides is 3. The highest BCUT2D eigenvalue weighted by Crippen LogP contribution is 2.63. The summed E-state index contributed by atoms with van der Waals surface area (Å²) in [6.45, 7) is 5.06. The number of fused-ring (bicyclic) bond motifs is 2. The standard InChI is InChI=1S/C27H38N6O5/c1-3-14-28-23(35)20-21-25(37)32(15-8-4-5-9-16-34)22(27(21)13-12-26(20,2)38-27)24(36)29-17-33-19-11-7-6-10-18(19)30-31-33/h6-7,10-11,20-22,34H,3-5,8-9,12-17H2,1-2H3,(H,28,35)(H,29,36)/t20-,21+,22?,26+,27?/m1/s1. The van der Waals surface area contributed by atoms with Crippen LogP contribution in [0.1, 0.15) is 58.8 Å². The summed E-state index contributed by atoms with van der Waals surface area (Å²) in [5, 5.41) is 23.4. The number of benzene rings is 1. The Morgan fingerprint density at radius 2 is 1.92 bits per heavy atom. The molecule has 38 heavy (non-hydrogen) atoms. The molecule has 5 atom stereocenters. The zero-order chi connectivity index (χ0) is 26.9. The molecule has 0 radical (unpaired) electrons. The van der Waals surface area contributed by atoms with E-state index in [9.17, 15) is 14.4 Å². The molecule has 2 unspecified atom stereocenters. The first kappa shape index (κ1) is 26.6. The maximum Gasteiger partial charge on any atom is 0.247 e. The number of hydrogen-bond donors (Lipinski definition) is 3. The molecule has 3 aliphatic rings. The van der Waals surface area contributed by atoms with Crippen LogP contribution >= 0.6 is 0 Å². The minimum Gasteiger partial charge on any atom is -0.396 e. The monoisotopic (exact) mass is 526 g/mol. The van der Waals surface area contributed by atoms with Gasteiger partial charge in [-0.1, -0.05) is 37.1 Å². The number of aromatic nitrogens is 3. The fourth-order valence-electron chi connectivity index (χ4n) is 6.76. The van der Waals surface area contributed by atoms with E-state index in [0.717, 1.165) is 30.3 Å². The highest BCUT2D eigenvalue weighted by atomic mass is 16.5. The topological polar surface area (TPSA) is 139 Å². The van der Waals surface area contributed by atoms with E-state index in [1.165, 1.54) is 0 Å². The predicted octanol–water partition coefficient (Wildman–Crippen LogP) is 1.35. The number of ether oxygens (including phenoxy) is 1. The highest BCUT2D eigenvalue weighted by molar-refractivity contribution is 5.99. The number of unbranched alkanes of at least 4 members (excludes halogenated alkanes) is 3. The number of aliphatic hydroxyl groups excluding tert-OH is 1. The Labute approximate surface area is 222 Å². The Morgan fingerprint density at radius 1 is 1.13 bits per heavy atom. The van der Waals surface area contributed by atoms with Gasteiger partial charge in [0.05, 0.1) is 23.0 Å². The van der Waals surface area contributed by atoms with Crippen LogP contribution in [0.2, 0.25) is 0 Å². The summed E-state index contributed by atoms with van der Waals surface area (Å²) < 4.78 is 8.24. The summed E-state index contributed by atoms with van der Waals surface area (Å²) in [5.74, 6) is -2.00. The molecule has 5 rings (SSSR count). The summed E-state index contributed by atoms with van der Waals surface area (Å²) in [6, 6.07) is 6.67. The van der Waals surface area contributed by atoms with Gasteiger partial charge in [0.25, 0.3) is 0 Å². The number of nitrogens with one attached hydrogen (secondary N) is 2. The number of rotatable bonds is 12. The van der Waals surface area contributed by atoms with Gasteiger partial charge in [-0.2, -0.15) is 0 Å².